The number of nitrogens with one attached hydrogen (secondary N) is 1. The quantitative estimate of drug-likeness (QED) is 0.178. The number of thiol groups is 1. The van der Waals surface area contributed by atoms with E-state index in [1.807, 2.05) is 27.7 Å². The maximum absolute atomic E-state index is 14.8. The molecule has 1 fully saturated rings. The summed E-state index contributed by atoms with van der Waals surface area (Å²) in [6.45, 7) is 22.5. The van der Waals surface area contributed by atoms with Gasteiger partial charge in [-0.2, -0.15) is 0 Å². The summed E-state index contributed by atoms with van der Waals surface area (Å²) in [5.41, 5.74) is 5.84. The van der Waals surface area contributed by atoms with Crippen molar-refractivity contribution in [3.63, 3.8) is 0 Å². The molecule has 0 radical (unpaired) electrons. The third-order valence-electron chi connectivity index (χ3n) is 8.44. The number of hydrogen-bond donors (Lipinski definition) is 2. The minimum Gasteiger partial charge on any atom is -0.345 e. The molecule has 1 N–H and O–H groups in total. The minimum absolute atomic E-state index is 0.261. The van der Waals surface area contributed by atoms with Gasteiger partial charge in [-0.05, 0) is 79.3 Å². The summed E-state index contributed by atoms with van der Waals surface area (Å²) < 4.78 is 14.8. The molecule has 0 spiro atoms. The zero-order valence-corrected chi connectivity index (χ0v) is 28.7. The Morgan fingerprint density at radius 2 is 1.86 bits per heavy atom. The van der Waals surface area contributed by atoms with Crippen LogP contribution in [0.2, 0.25) is 0 Å². The summed E-state index contributed by atoms with van der Waals surface area (Å²) in [6.07, 6.45) is 15.2. The van der Waals surface area contributed by atoms with Crippen LogP contribution in [0, 0.1) is 36.4 Å². The largest absolute Gasteiger partial charge is 0.345 e. The number of aromatic nitrogens is 2. The Balaban J connectivity index is 0.000000993. The number of fused-ring (bicyclic) bond motifs is 1. The Hall–Kier alpha value is -3.04. The van der Waals surface area contributed by atoms with Crippen molar-refractivity contribution < 1.29 is 4.39 Å². The van der Waals surface area contributed by atoms with Crippen molar-refractivity contribution in [1.29, 1.82) is 0 Å². The lowest BCUT2D eigenvalue weighted by Gasteiger charge is -2.31. The van der Waals surface area contributed by atoms with Gasteiger partial charge in [0.2, 0.25) is 0 Å². The fourth-order valence-corrected chi connectivity index (χ4v) is 5.93. The molecule has 0 saturated carbocycles. The van der Waals surface area contributed by atoms with Crippen LogP contribution in [0.25, 0.3) is 10.9 Å². The van der Waals surface area contributed by atoms with Crippen LogP contribution in [-0.4, -0.2) is 16.5 Å². The zero-order valence-electron chi connectivity index (χ0n) is 27.8. The first-order valence-electron chi connectivity index (χ1n) is 16.0. The molecule has 0 amide bonds. The smallest absolute Gasteiger partial charge is 0.147 e. The van der Waals surface area contributed by atoms with E-state index in [0.29, 0.717) is 11.5 Å². The van der Waals surface area contributed by atoms with Crippen LogP contribution in [0.15, 0.2) is 47.8 Å². The third-order valence-corrected chi connectivity index (χ3v) is 8.92. The van der Waals surface area contributed by atoms with E-state index in [1.54, 1.807) is 6.07 Å². The SMILES string of the molecule is C#CCC.C=C1CC(CCC)(CCC(C)CC)CN1c1cc2c(Nc3c(F)ccc(S)c3C)ncnc2cc1CC.CC. The number of anilines is 3. The molecule has 4 rings (SSSR count). The number of hydrogen-bond acceptors (Lipinski definition) is 5. The lowest BCUT2D eigenvalue weighted by atomic mass is 9.76. The summed E-state index contributed by atoms with van der Waals surface area (Å²) >= 11 is 4.48. The fourth-order valence-electron chi connectivity index (χ4n) is 5.74. The average Bonchev–Trinajstić information content (AvgIpc) is 3.36. The summed E-state index contributed by atoms with van der Waals surface area (Å²) in [4.78, 5) is 12.2. The summed E-state index contributed by atoms with van der Waals surface area (Å²) in [5, 5.41) is 4.12. The molecule has 43 heavy (non-hydrogen) atoms. The molecule has 2 aromatic carbocycles. The zero-order chi connectivity index (χ0) is 32.2. The van der Waals surface area contributed by atoms with Crippen molar-refractivity contribution in [2.45, 2.75) is 112 Å². The van der Waals surface area contributed by atoms with Gasteiger partial charge in [0.05, 0.1) is 11.2 Å². The van der Waals surface area contributed by atoms with E-state index < -0.39 is 0 Å². The second-order valence-corrected chi connectivity index (χ2v) is 11.9. The lowest BCUT2D eigenvalue weighted by molar-refractivity contribution is 0.249. The van der Waals surface area contributed by atoms with E-state index in [1.165, 1.54) is 61.4 Å². The van der Waals surface area contributed by atoms with Crippen molar-refractivity contribution in [2.24, 2.45) is 11.3 Å². The maximum Gasteiger partial charge on any atom is 0.147 e. The standard InChI is InChI=1S/C31H41FN4S.C4H6.C2H6/c1-7-13-31(14-12-20(4)8-2)17-21(5)36(18-31)27-16-24-26(15-23(27)9-3)33-19-34-30(24)35-29-22(6)28(37)11-10-25(29)32;1-3-4-2;1-2/h10-11,15-16,19-20,37H,5,7-9,12-14,17-18H2,1-4,6H3,(H,33,34,35);1H,4H2,2H3;1-2H3. The van der Waals surface area contributed by atoms with Crippen LogP contribution >= 0.6 is 12.6 Å². The maximum atomic E-state index is 14.8. The Morgan fingerprint density at radius 1 is 1.16 bits per heavy atom. The highest BCUT2D eigenvalue weighted by molar-refractivity contribution is 7.80. The highest BCUT2D eigenvalue weighted by Crippen LogP contribution is 2.48. The topological polar surface area (TPSA) is 41.0 Å². The van der Waals surface area contributed by atoms with Gasteiger partial charge in [-0.1, -0.05) is 74.3 Å². The van der Waals surface area contributed by atoms with Crippen LogP contribution in [0.5, 0.6) is 0 Å². The van der Waals surface area contributed by atoms with Crippen LogP contribution in [0.4, 0.5) is 21.6 Å². The van der Waals surface area contributed by atoms with E-state index >= 15 is 0 Å². The molecular weight excluding hydrogens is 552 g/mol. The fraction of sp³-hybridized carbons (Fsp3) is 0.514. The van der Waals surface area contributed by atoms with Crippen molar-refractivity contribution in [1.82, 2.24) is 9.97 Å². The average molecular weight is 605 g/mol. The summed E-state index contributed by atoms with van der Waals surface area (Å²) in [5.74, 6) is 3.44. The van der Waals surface area contributed by atoms with Crippen LogP contribution in [0.1, 0.15) is 105 Å². The molecule has 0 bridgehead atoms. The van der Waals surface area contributed by atoms with Crippen molar-refractivity contribution in [3.05, 3.63) is 59.8 Å². The van der Waals surface area contributed by atoms with Gasteiger partial charge in [-0.3, -0.25) is 0 Å². The molecule has 2 atom stereocenters. The van der Waals surface area contributed by atoms with Crippen molar-refractivity contribution in [2.75, 3.05) is 16.8 Å². The van der Waals surface area contributed by atoms with Crippen molar-refractivity contribution >= 4 is 40.7 Å². The molecule has 2 unspecified atom stereocenters. The molecular formula is C37H53FN4S. The van der Waals surface area contributed by atoms with Crippen molar-refractivity contribution in [3.8, 4) is 12.3 Å². The van der Waals surface area contributed by atoms with Gasteiger partial charge < -0.3 is 10.2 Å². The number of nitrogens with zero attached hydrogens (tertiary/aromatic N) is 3. The predicted molar refractivity (Wildman–Crippen MR) is 188 cm³/mol. The van der Waals surface area contributed by atoms with E-state index in [2.05, 4.69) is 85.1 Å². The van der Waals surface area contributed by atoms with Crippen LogP contribution in [0.3, 0.4) is 0 Å². The second kappa shape index (κ2) is 17.3. The van der Waals surface area contributed by atoms with Gasteiger partial charge in [-0.15, -0.1) is 25.0 Å². The molecule has 6 heteroatoms. The normalized spacial score (nSPS) is 16.6. The highest BCUT2D eigenvalue weighted by Gasteiger charge is 2.40. The summed E-state index contributed by atoms with van der Waals surface area (Å²) in [6, 6.07) is 7.44. The predicted octanol–water partition coefficient (Wildman–Crippen LogP) is 11.1. The highest BCUT2D eigenvalue weighted by atomic mass is 32.1. The van der Waals surface area contributed by atoms with Gasteiger partial charge in [-0.25, -0.2) is 14.4 Å². The molecule has 3 aromatic rings. The number of aryl methyl sites for hydroxylation is 1. The van der Waals surface area contributed by atoms with E-state index in [9.17, 15) is 4.39 Å². The number of terminal acetylenes is 1. The molecule has 4 nitrogen and oxygen atoms in total. The minimum atomic E-state index is -0.328. The molecule has 2 heterocycles. The van der Waals surface area contributed by atoms with Gasteiger partial charge >= 0.3 is 0 Å². The molecule has 1 aromatic heterocycles. The third kappa shape index (κ3) is 8.99. The lowest BCUT2D eigenvalue weighted by Crippen LogP contribution is -2.28. The monoisotopic (exact) mass is 604 g/mol. The van der Waals surface area contributed by atoms with E-state index in [-0.39, 0.29) is 11.2 Å². The van der Waals surface area contributed by atoms with Gasteiger partial charge in [0.1, 0.15) is 18.0 Å². The first-order valence-corrected chi connectivity index (χ1v) is 16.5. The first-order chi connectivity index (χ1) is 20.6. The number of rotatable bonds is 10. The Labute approximate surface area is 266 Å². The summed E-state index contributed by atoms with van der Waals surface area (Å²) in [7, 11) is 0. The van der Waals surface area contributed by atoms with E-state index in [0.717, 1.165) is 53.1 Å². The molecule has 1 saturated heterocycles. The number of halogens is 1. The van der Waals surface area contributed by atoms with Gasteiger partial charge in [0.15, 0.2) is 0 Å². The molecule has 0 aliphatic carbocycles. The van der Waals surface area contributed by atoms with Crippen LogP contribution < -0.4 is 10.2 Å². The van der Waals surface area contributed by atoms with Crippen LogP contribution in [-0.2, 0) is 6.42 Å². The molecule has 1 aliphatic rings. The Morgan fingerprint density at radius 3 is 2.47 bits per heavy atom. The number of allylic oxidation sites excluding steroid dienone is 1. The second-order valence-electron chi connectivity index (χ2n) is 11.5. The Kier molecular flexibility index (Phi) is 14.5. The van der Waals surface area contributed by atoms with E-state index in [4.69, 9.17) is 6.42 Å². The Bertz CT molecular complexity index is 1400. The molecule has 1 aliphatic heterocycles. The van der Waals surface area contributed by atoms with Gasteiger partial charge in [0.25, 0.3) is 0 Å². The first kappa shape index (κ1) is 36.2. The number of benzene rings is 2. The molecule has 234 valence electrons. The van der Waals surface area contributed by atoms with Gasteiger partial charge in [0, 0.05) is 34.6 Å².